The van der Waals surface area contributed by atoms with Gasteiger partial charge in [0.1, 0.15) is 0 Å². The first-order valence-corrected chi connectivity index (χ1v) is 11.3. The SMILES string of the molecule is O=C(O)CCCCCCC1C(=O)C=C[C@@H]1CCC(O)CSc1c(F)c(F)cc(F)c1F. The van der Waals surface area contributed by atoms with Crippen LogP contribution in [0.4, 0.5) is 17.6 Å². The van der Waals surface area contributed by atoms with Gasteiger partial charge in [0, 0.05) is 24.2 Å². The van der Waals surface area contributed by atoms with E-state index in [9.17, 15) is 32.3 Å². The molecular weight excluding hydrogens is 436 g/mol. The molecule has 0 heterocycles. The summed E-state index contributed by atoms with van der Waals surface area (Å²) in [5, 5.41) is 18.8. The molecule has 9 heteroatoms. The van der Waals surface area contributed by atoms with Crippen LogP contribution < -0.4 is 0 Å². The van der Waals surface area contributed by atoms with Crippen molar-refractivity contribution in [3.05, 3.63) is 41.5 Å². The Bertz CT molecular complexity index is 789. The van der Waals surface area contributed by atoms with Gasteiger partial charge in [-0.2, -0.15) is 0 Å². The van der Waals surface area contributed by atoms with Crippen molar-refractivity contribution < 1.29 is 37.4 Å². The zero-order chi connectivity index (χ0) is 23.0. The second-order valence-electron chi connectivity index (χ2n) is 7.72. The Morgan fingerprint density at radius 1 is 1.03 bits per heavy atom. The Kier molecular flexibility index (Phi) is 10.0. The molecule has 0 fully saturated rings. The topological polar surface area (TPSA) is 74.6 Å². The number of carboxylic acid groups (broad SMARTS) is 1. The highest BCUT2D eigenvalue weighted by Gasteiger charge is 2.30. The number of hydrogen-bond donors (Lipinski definition) is 2. The van der Waals surface area contributed by atoms with Gasteiger partial charge in [-0.1, -0.05) is 25.3 Å². The van der Waals surface area contributed by atoms with E-state index in [0.29, 0.717) is 31.0 Å². The molecule has 1 aromatic carbocycles. The smallest absolute Gasteiger partial charge is 0.303 e. The van der Waals surface area contributed by atoms with Crippen molar-refractivity contribution in [1.29, 1.82) is 0 Å². The number of aliphatic hydroxyl groups excluding tert-OH is 1. The van der Waals surface area contributed by atoms with Crippen molar-refractivity contribution in [1.82, 2.24) is 0 Å². The number of rotatable bonds is 13. The summed E-state index contributed by atoms with van der Waals surface area (Å²) in [6.45, 7) is 0. The quantitative estimate of drug-likeness (QED) is 0.181. The van der Waals surface area contributed by atoms with Crippen LogP contribution in [0.2, 0.25) is 0 Å². The first-order valence-electron chi connectivity index (χ1n) is 10.3. The summed E-state index contributed by atoms with van der Waals surface area (Å²) in [5.74, 6) is -7.12. The molecule has 31 heavy (non-hydrogen) atoms. The van der Waals surface area contributed by atoms with Gasteiger partial charge >= 0.3 is 5.97 Å². The molecule has 0 saturated heterocycles. The zero-order valence-corrected chi connectivity index (χ0v) is 17.8. The van der Waals surface area contributed by atoms with Crippen LogP contribution in [0.5, 0.6) is 0 Å². The predicted molar refractivity (Wildman–Crippen MR) is 109 cm³/mol. The Morgan fingerprint density at radius 2 is 1.68 bits per heavy atom. The lowest BCUT2D eigenvalue weighted by molar-refractivity contribution is -0.137. The molecule has 1 aromatic rings. The van der Waals surface area contributed by atoms with Gasteiger partial charge in [-0.15, -0.1) is 11.8 Å². The summed E-state index contributed by atoms with van der Waals surface area (Å²) in [7, 11) is 0. The van der Waals surface area contributed by atoms with Crippen LogP contribution in [0.1, 0.15) is 51.4 Å². The maximum absolute atomic E-state index is 13.7. The van der Waals surface area contributed by atoms with Gasteiger partial charge in [0.2, 0.25) is 0 Å². The Labute approximate surface area is 182 Å². The molecule has 172 valence electrons. The van der Waals surface area contributed by atoms with E-state index in [1.54, 1.807) is 6.08 Å². The molecule has 0 aliphatic heterocycles. The number of carbonyl (C=O) groups excluding carboxylic acids is 1. The third-order valence-corrected chi connectivity index (χ3v) is 6.57. The van der Waals surface area contributed by atoms with E-state index in [-0.39, 0.29) is 42.3 Å². The molecule has 0 aromatic heterocycles. The van der Waals surface area contributed by atoms with E-state index in [1.165, 1.54) is 6.08 Å². The van der Waals surface area contributed by atoms with Crippen molar-refractivity contribution >= 4 is 23.5 Å². The number of aliphatic carboxylic acids is 1. The summed E-state index contributed by atoms with van der Waals surface area (Å²) >= 11 is 0.511. The van der Waals surface area contributed by atoms with E-state index >= 15 is 0 Å². The largest absolute Gasteiger partial charge is 0.481 e. The highest BCUT2D eigenvalue weighted by Crippen LogP contribution is 2.33. The number of benzene rings is 1. The number of hydrogen-bond acceptors (Lipinski definition) is 4. The van der Waals surface area contributed by atoms with Gasteiger partial charge in [-0.05, 0) is 37.7 Å². The van der Waals surface area contributed by atoms with Crippen LogP contribution in [0.15, 0.2) is 23.1 Å². The van der Waals surface area contributed by atoms with Crippen molar-refractivity contribution in [2.45, 2.75) is 62.4 Å². The average molecular weight is 463 g/mol. The first kappa shape index (κ1) is 25.4. The third kappa shape index (κ3) is 7.64. The van der Waals surface area contributed by atoms with Crippen LogP contribution in [0, 0.1) is 35.1 Å². The molecule has 0 amide bonds. The molecule has 1 aliphatic rings. The number of unbranched alkanes of at least 4 members (excludes halogenated alkanes) is 3. The number of ketones is 1. The number of thioether (sulfide) groups is 1. The highest BCUT2D eigenvalue weighted by molar-refractivity contribution is 7.99. The molecule has 0 radical (unpaired) electrons. The summed E-state index contributed by atoms with van der Waals surface area (Å²) < 4.78 is 53.9. The lowest BCUT2D eigenvalue weighted by atomic mass is 9.86. The van der Waals surface area contributed by atoms with Crippen LogP contribution in [-0.4, -0.2) is 33.8 Å². The summed E-state index contributed by atoms with van der Waals surface area (Å²) in [6, 6.07) is 0.140. The molecule has 2 N–H and O–H groups in total. The minimum Gasteiger partial charge on any atom is -0.481 e. The number of aliphatic hydroxyl groups is 1. The van der Waals surface area contributed by atoms with E-state index in [0.717, 1.165) is 19.3 Å². The average Bonchev–Trinajstić information content (AvgIpc) is 3.06. The molecule has 3 atom stereocenters. The second kappa shape index (κ2) is 12.2. The van der Waals surface area contributed by atoms with Crippen LogP contribution in [0.25, 0.3) is 0 Å². The van der Waals surface area contributed by atoms with Crippen LogP contribution >= 0.6 is 11.8 Å². The van der Waals surface area contributed by atoms with Crippen LogP contribution in [0.3, 0.4) is 0 Å². The van der Waals surface area contributed by atoms with Gasteiger partial charge in [-0.3, -0.25) is 9.59 Å². The number of halogens is 4. The van der Waals surface area contributed by atoms with E-state index in [1.807, 2.05) is 0 Å². The first-order chi connectivity index (χ1) is 14.7. The fourth-order valence-electron chi connectivity index (χ4n) is 3.66. The minimum absolute atomic E-state index is 0.0266. The highest BCUT2D eigenvalue weighted by atomic mass is 32.2. The van der Waals surface area contributed by atoms with Gasteiger partial charge in [0.15, 0.2) is 29.1 Å². The second-order valence-corrected chi connectivity index (χ2v) is 8.75. The number of carbonyl (C=O) groups is 2. The van der Waals surface area contributed by atoms with Gasteiger partial charge in [0.05, 0.1) is 11.0 Å². The Balaban J connectivity index is 1.76. The maximum atomic E-state index is 13.7. The molecular formula is C22H26F4O4S. The monoisotopic (exact) mass is 462 g/mol. The van der Waals surface area contributed by atoms with Crippen LogP contribution in [-0.2, 0) is 9.59 Å². The third-order valence-electron chi connectivity index (χ3n) is 5.37. The van der Waals surface area contributed by atoms with E-state index in [2.05, 4.69) is 0 Å². The van der Waals surface area contributed by atoms with Gasteiger partial charge < -0.3 is 10.2 Å². The predicted octanol–water partition coefficient (Wildman–Crippen LogP) is 5.27. The fourth-order valence-corrected chi connectivity index (χ4v) is 4.63. The summed E-state index contributed by atoms with van der Waals surface area (Å²) in [4.78, 5) is 21.8. The fraction of sp³-hybridized carbons (Fsp3) is 0.545. The standard InChI is InChI=1S/C22H26F4O4S/c23-16-11-17(24)21(26)22(20(16)25)31-12-14(27)9-7-13-8-10-18(28)15(13)5-3-1-2-4-6-19(29)30/h8,10-11,13-15,27H,1-7,9,12H2,(H,29,30)/t13-,14?,15?/m0/s1. The lowest BCUT2D eigenvalue weighted by Crippen LogP contribution is -2.19. The van der Waals surface area contributed by atoms with Crippen molar-refractivity contribution in [2.24, 2.45) is 11.8 Å². The molecule has 4 nitrogen and oxygen atoms in total. The van der Waals surface area contributed by atoms with Gasteiger partial charge in [0.25, 0.3) is 0 Å². The Hall–Kier alpha value is -1.87. The van der Waals surface area contributed by atoms with E-state index < -0.39 is 40.2 Å². The van der Waals surface area contributed by atoms with Gasteiger partial charge in [-0.25, -0.2) is 17.6 Å². The Morgan fingerprint density at radius 3 is 2.32 bits per heavy atom. The molecule has 1 aliphatic carbocycles. The molecule has 0 saturated carbocycles. The minimum atomic E-state index is -1.49. The maximum Gasteiger partial charge on any atom is 0.303 e. The summed E-state index contributed by atoms with van der Waals surface area (Å²) in [5.41, 5.74) is 0. The number of carboxylic acids is 1. The molecule has 2 unspecified atom stereocenters. The van der Waals surface area contributed by atoms with Crippen molar-refractivity contribution in [3.63, 3.8) is 0 Å². The lowest BCUT2D eigenvalue weighted by Gasteiger charge is -2.20. The summed E-state index contributed by atoms with van der Waals surface area (Å²) in [6.07, 6.45) is 6.98. The molecule has 0 spiro atoms. The van der Waals surface area contributed by atoms with E-state index in [4.69, 9.17) is 5.11 Å². The molecule has 0 bridgehead atoms. The number of allylic oxidation sites excluding steroid dienone is 2. The van der Waals surface area contributed by atoms with Crippen molar-refractivity contribution in [2.75, 3.05) is 5.75 Å². The normalized spacial score (nSPS) is 19.2. The molecule has 2 rings (SSSR count). The zero-order valence-electron chi connectivity index (χ0n) is 17.0. The van der Waals surface area contributed by atoms with Crippen molar-refractivity contribution in [3.8, 4) is 0 Å².